The van der Waals surface area contributed by atoms with E-state index in [1.54, 1.807) is 0 Å². The minimum absolute atomic E-state index is 0.375. The normalized spacial score (nSPS) is 12.7. The van der Waals surface area contributed by atoms with Gasteiger partial charge in [-0.15, -0.1) is 0 Å². The molecule has 0 aliphatic carbocycles. The molecule has 4 rings (SSSR count). The maximum Gasteiger partial charge on any atom is 0.120 e. The monoisotopic (exact) mass is 424 g/mol. The molecule has 0 aliphatic rings. The Kier molecular flexibility index (Phi) is 7.18. The zero-order chi connectivity index (χ0) is 22.2. The van der Waals surface area contributed by atoms with E-state index in [4.69, 9.17) is 20.9 Å². The molecule has 2 atom stereocenters. The lowest BCUT2D eigenvalue weighted by Gasteiger charge is -2.22. The van der Waals surface area contributed by atoms with Crippen molar-refractivity contribution in [3.63, 3.8) is 0 Å². The predicted molar refractivity (Wildman–Crippen MR) is 128 cm³/mol. The maximum absolute atomic E-state index is 6.54. The molecule has 0 heterocycles. The smallest absolute Gasteiger partial charge is 0.120 e. The van der Waals surface area contributed by atoms with Crippen LogP contribution in [0.25, 0.3) is 0 Å². The number of hydrogen-bond acceptors (Lipinski definition) is 4. The third kappa shape index (κ3) is 5.76. The second kappa shape index (κ2) is 10.6. The molecule has 0 radical (unpaired) electrons. The van der Waals surface area contributed by atoms with Crippen LogP contribution in [0.2, 0.25) is 0 Å². The number of ether oxygens (including phenoxy) is 2. The molecule has 4 aromatic carbocycles. The van der Waals surface area contributed by atoms with Crippen molar-refractivity contribution in [2.45, 2.75) is 25.3 Å². The molecule has 4 nitrogen and oxygen atoms in total. The van der Waals surface area contributed by atoms with Crippen molar-refractivity contribution in [1.82, 2.24) is 0 Å². The summed E-state index contributed by atoms with van der Waals surface area (Å²) in [7, 11) is 0. The summed E-state index contributed by atoms with van der Waals surface area (Å²) in [6.07, 6.45) is 0. The van der Waals surface area contributed by atoms with Crippen LogP contribution in [-0.2, 0) is 13.2 Å². The van der Waals surface area contributed by atoms with E-state index in [1.807, 2.05) is 109 Å². The largest absolute Gasteiger partial charge is 0.489 e. The van der Waals surface area contributed by atoms with Gasteiger partial charge < -0.3 is 20.9 Å². The van der Waals surface area contributed by atoms with Crippen molar-refractivity contribution in [3.8, 4) is 11.5 Å². The lowest BCUT2D eigenvalue weighted by Crippen LogP contribution is -2.26. The molecule has 0 saturated heterocycles. The molecule has 1 unspecified atom stereocenters. The Balaban J connectivity index is 1.41. The molecule has 4 heteroatoms. The Bertz CT molecular complexity index is 1030. The summed E-state index contributed by atoms with van der Waals surface area (Å²) in [6, 6.07) is 35.0. The van der Waals surface area contributed by atoms with Gasteiger partial charge in [-0.25, -0.2) is 0 Å². The average molecular weight is 425 g/mol. The van der Waals surface area contributed by atoms with Crippen LogP contribution in [0.5, 0.6) is 11.5 Å². The molecule has 32 heavy (non-hydrogen) atoms. The highest BCUT2D eigenvalue weighted by molar-refractivity contribution is 5.36. The highest BCUT2D eigenvalue weighted by Gasteiger charge is 2.18. The zero-order valence-electron chi connectivity index (χ0n) is 17.9. The molecule has 0 bridgehead atoms. The molecule has 4 N–H and O–H groups in total. The van der Waals surface area contributed by atoms with Crippen molar-refractivity contribution >= 4 is 0 Å². The Hall–Kier alpha value is -3.60. The van der Waals surface area contributed by atoms with Crippen LogP contribution in [0.1, 0.15) is 34.3 Å². The zero-order valence-corrected chi connectivity index (χ0v) is 17.9. The van der Waals surface area contributed by atoms with Gasteiger partial charge >= 0.3 is 0 Å². The minimum Gasteiger partial charge on any atom is -0.489 e. The fourth-order valence-corrected chi connectivity index (χ4v) is 3.52. The van der Waals surface area contributed by atoms with Crippen molar-refractivity contribution < 1.29 is 9.47 Å². The Morgan fingerprint density at radius 1 is 0.500 bits per heavy atom. The van der Waals surface area contributed by atoms with E-state index in [2.05, 4.69) is 0 Å². The van der Waals surface area contributed by atoms with Crippen molar-refractivity contribution in [2.75, 3.05) is 0 Å². The average Bonchev–Trinajstić information content (AvgIpc) is 2.87. The number of benzene rings is 4. The van der Waals surface area contributed by atoms with Gasteiger partial charge in [-0.2, -0.15) is 0 Å². The van der Waals surface area contributed by atoms with Gasteiger partial charge in [-0.05, 0) is 46.5 Å². The molecular formula is C28H28N2O2. The van der Waals surface area contributed by atoms with Crippen LogP contribution >= 0.6 is 0 Å². The highest BCUT2D eigenvalue weighted by Crippen LogP contribution is 2.29. The molecule has 0 spiro atoms. The summed E-state index contributed by atoms with van der Waals surface area (Å²) in [4.78, 5) is 0. The summed E-state index contributed by atoms with van der Waals surface area (Å²) in [5.74, 6) is 1.54. The molecule has 162 valence electrons. The van der Waals surface area contributed by atoms with Crippen LogP contribution < -0.4 is 20.9 Å². The summed E-state index contributed by atoms with van der Waals surface area (Å²) < 4.78 is 11.9. The van der Waals surface area contributed by atoms with Crippen LogP contribution in [-0.4, -0.2) is 0 Å². The molecule has 0 aliphatic heterocycles. The van der Waals surface area contributed by atoms with E-state index < -0.39 is 0 Å². The number of hydrogen-bond donors (Lipinski definition) is 2. The SMILES string of the molecule is NC(c1cccc(OCc2ccccc2)c1)[C@H](N)c1cccc(OCc2ccccc2)c1. The fraction of sp³-hybridized carbons (Fsp3) is 0.143. The third-order valence-corrected chi connectivity index (χ3v) is 5.37. The third-order valence-electron chi connectivity index (χ3n) is 5.37. The first kappa shape index (κ1) is 21.6. The van der Waals surface area contributed by atoms with E-state index in [0.29, 0.717) is 13.2 Å². The highest BCUT2D eigenvalue weighted by atomic mass is 16.5. The number of rotatable bonds is 9. The molecule has 0 aromatic heterocycles. The molecule has 0 fully saturated rings. The van der Waals surface area contributed by atoms with E-state index in [1.165, 1.54) is 0 Å². The fourth-order valence-electron chi connectivity index (χ4n) is 3.52. The van der Waals surface area contributed by atoms with Gasteiger partial charge in [0.15, 0.2) is 0 Å². The van der Waals surface area contributed by atoms with E-state index in [0.717, 1.165) is 33.8 Å². The van der Waals surface area contributed by atoms with Crippen LogP contribution in [0, 0.1) is 0 Å². The Labute approximate surface area is 189 Å². The van der Waals surface area contributed by atoms with E-state index >= 15 is 0 Å². The summed E-state index contributed by atoms with van der Waals surface area (Å²) in [6.45, 7) is 1.01. The minimum atomic E-state index is -0.375. The molecule has 4 aromatic rings. The molecule has 0 saturated carbocycles. The summed E-state index contributed by atoms with van der Waals surface area (Å²) in [5.41, 5.74) is 17.2. The van der Waals surface area contributed by atoms with Crippen LogP contribution in [0.4, 0.5) is 0 Å². The first-order valence-corrected chi connectivity index (χ1v) is 10.7. The van der Waals surface area contributed by atoms with Gasteiger partial charge in [-0.1, -0.05) is 84.9 Å². The quantitative estimate of drug-likeness (QED) is 0.370. The second-order valence-electron chi connectivity index (χ2n) is 7.75. The van der Waals surface area contributed by atoms with E-state index in [9.17, 15) is 0 Å². The maximum atomic E-state index is 6.54. The molecule has 0 amide bonds. The lowest BCUT2D eigenvalue weighted by molar-refractivity contribution is 0.305. The number of nitrogens with two attached hydrogens (primary N) is 2. The van der Waals surface area contributed by atoms with Crippen LogP contribution in [0.3, 0.4) is 0 Å². The van der Waals surface area contributed by atoms with Gasteiger partial charge in [-0.3, -0.25) is 0 Å². The van der Waals surface area contributed by atoms with Crippen molar-refractivity contribution in [2.24, 2.45) is 11.5 Å². The van der Waals surface area contributed by atoms with Gasteiger partial charge in [0.05, 0.1) is 0 Å². The van der Waals surface area contributed by atoms with Crippen molar-refractivity contribution in [1.29, 1.82) is 0 Å². The molecular weight excluding hydrogens is 396 g/mol. The Morgan fingerprint density at radius 2 is 0.906 bits per heavy atom. The summed E-state index contributed by atoms with van der Waals surface area (Å²) >= 11 is 0. The van der Waals surface area contributed by atoms with Crippen LogP contribution in [0.15, 0.2) is 109 Å². The van der Waals surface area contributed by atoms with Gasteiger partial charge in [0, 0.05) is 12.1 Å². The van der Waals surface area contributed by atoms with Gasteiger partial charge in [0.25, 0.3) is 0 Å². The standard InChI is InChI=1S/C28H28N2O2/c29-27(23-13-7-15-25(17-23)31-19-21-9-3-1-4-10-21)28(30)24-14-8-16-26(18-24)32-20-22-11-5-2-6-12-22/h1-18,27-28H,19-20,29-30H2/t27-,28?/m1/s1. The lowest BCUT2D eigenvalue weighted by atomic mass is 9.94. The van der Waals surface area contributed by atoms with Gasteiger partial charge in [0.2, 0.25) is 0 Å². The van der Waals surface area contributed by atoms with Gasteiger partial charge in [0.1, 0.15) is 24.7 Å². The van der Waals surface area contributed by atoms with Crippen molar-refractivity contribution in [3.05, 3.63) is 131 Å². The second-order valence-corrected chi connectivity index (χ2v) is 7.75. The summed E-state index contributed by atoms with van der Waals surface area (Å²) in [5, 5.41) is 0. The first-order valence-electron chi connectivity index (χ1n) is 10.7. The topological polar surface area (TPSA) is 70.5 Å². The predicted octanol–water partition coefficient (Wildman–Crippen LogP) is 5.54. The first-order chi connectivity index (χ1) is 15.7. The van der Waals surface area contributed by atoms with E-state index in [-0.39, 0.29) is 12.1 Å². The Morgan fingerprint density at radius 3 is 1.31 bits per heavy atom.